The molecule has 0 aromatic carbocycles. The molecule has 0 nitrogen and oxygen atoms in total. The molecule has 0 atom stereocenters. The fraction of sp³-hybridized carbons (Fsp3) is 0.833. The van der Waals surface area contributed by atoms with Crippen molar-refractivity contribution in [2.24, 2.45) is 0 Å². The van der Waals surface area contributed by atoms with E-state index in [2.05, 4.69) is 26.0 Å². The zero-order valence-electron chi connectivity index (χ0n) is 13.1. The predicted octanol–water partition coefficient (Wildman–Crippen LogP) is 6.86. The first-order valence-electron chi connectivity index (χ1n) is 8.36. The fourth-order valence-corrected chi connectivity index (χ4v) is 2.25. The van der Waals surface area contributed by atoms with Crippen molar-refractivity contribution >= 4 is 0 Å². The van der Waals surface area contributed by atoms with E-state index in [0.29, 0.717) is 0 Å². The minimum atomic E-state index is 0. The smallest absolute Gasteiger partial charge is 0 e. The van der Waals surface area contributed by atoms with Gasteiger partial charge in [-0.2, -0.15) is 6.42 Å². The zero-order chi connectivity index (χ0) is 13.3. The Labute approximate surface area is 132 Å². The predicted molar refractivity (Wildman–Crippen MR) is 84.8 cm³/mol. The van der Waals surface area contributed by atoms with E-state index in [9.17, 15) is 0 Å². The molecule has 0 radical (unpaired) electrons. The number of hydrogen-bond acceptors (Lipinski definition) is 0. The van der Waals surface area contributed by atoms with Crippen LogP contribution < -0.4 is 0 Å². The average molecular weight is 310 g/mol. The summed E-state index contributed by atoms with van der Waals surface area (Å²) in [5.74, 6) is 0. The van der Waals surface area contributed by atoms with Crippen LogP contribution in [0.25, 0.3) is 0 Å². The summed E-state index contributed by atoms with van der Waals surface area (Å²) < 4.78 is 0. The Bertz CT molecular complexity index is 145. The van der Waals surface area contributed by atoms with E-state index in [1.165, 1.54) is 83.5 Å². The summed E-state index contributed by atoms with van der Waals surface area (Å²) in [4.78, 5) is 0. The first kappa shape index (κ1) is 21.5. The summed E-state index contributed by atoms with van der Waals surface area (Å²) in [7, 11) is 0. The van der Waals surface area contributed by atoms with E-state index in [1.807, 2.05) is 0 Å². The van der Waals surface area contributed by atoms with Crippen LogP contribution in [0.3, 0.4) is 0 Å². The number of unbranched alkanes of at least 4 members (excludes halogenated alkanes) is 12. The first-order chi connectivity index (χ1) is 8.91. The molecule has 0 unspecified atom stereocenters. The molecule has 118 valence electrons. The Kier molecular flexibility index (Phi) is 23.3. The maximum Gasteiger partial charge on any atom is 0 e. The SMILES string of the molecule is [CH2-]CCCCCCC/C=C\CCCCCCCC.[Ni]. The van der Waals surface area contributed by atoms with E-state index in [1.54, 1.807) is 0 Å². The third kappa shape index (κ3) is 20.7. The number of rotatable bonds is 14. The minimum Gasteiger partial charge on any atom is -0.343 e. The molecule has 0 aliphatic carbocycles. The topological polar surface area (TPSA) is 0 Å². The van der Waals surface area contributed by atoms with Crippen molar-refractivity contribution in [3.8, 4) is 0 Å². The van der Waals surface area contributed by atoms with Gasteiger partial charge in [0.2, 0.25) is 0 Å². The molecule has 0 fully saturated rings. The summed E-state index contributed by atoms with van der Waals surface area (Å²) in [6, 6.07) is 0. The molecule has 0 aromatic rings. The van der Waals surface area contributed by atoms with Gasteiger partial charge in [0, 0.05) is 16.5 Å². The maximum atomic E-state index is 3.87. The van der Waals surface area contributed by atoms with Crippen LogP contribution in [0.2, 0.25) is 0 Å². The van der Waals surface area contributed by atoms with E-state index in [0.717, 1.165) is 6.42 Å². The van der Waals surface area contributed by atoms with Crippen LogP contribution in [0, 0.1) is 6.92 Å². The third-order valence-corrected chi connectivity index (χ3v) is 3.51. The molecule has 0 N–H and O–H groups in total. The molecule has 0 aliphatic heterocycles. The van der Waals surface area contributed by atoms with Gasteiger partial charge in [-0.15, -0.1) is 0 Å². The van der Waals surface area contributed by atoms with Crippen LogP contribution in [0.4, 0.5) is 0 Å². The molecule has 0 rings (SSSR count). The van der Waals surface area contributed by atoms with Crippen LogP contribution in [0.1, 0.15) is 96.8 Å². The molecular formula is C18H35Ni-. The molecule has 0 saturated carbocycles. The maximum absolute atomic E-state index is 3.87. The summed E-state index contributed by atoms with van der Waals surface area (Å²) in [6.45, 7) is 6.15. The Hall–Kier alpha value is 0.234. The average Bonchev–Trinajstić information content (AvgIpc) is 2.39. The van der Waals surface area contributed by atoms with Crippen molar-refractivity contribution in [2.75, 3.05) is 0 Å². The number of allylic oxidation sites excluding steroid dienone is 2. The second-order valence-electron chi connectivity index (χ2n) is 5.44. The van der Waals surface area contributed by atoms with Gasteiger partial charge < -0.3 is 6.92 Å². The van der Waals surface area contributed by atoms with E-state index in [-0.39, 0.29) is 16.5 Å². The van der Waals surface area contributed by atoms with Crippen LogP contribution in [-0.2, 0) is 16.5 Å². The number of hydrogen-bond donors (Lipinski definition) is 0. The molecule has 1 heteroatoms. The summed E-state index contributed by atoms with van der Waals surface area (Å²) in [6.07, 6.45) is 23.8. The Morgan fingerprint density at radius 2 is 1.05 bits per heavy atom. The van der Waals surface area contributed by atoms with Gasteiger partial charge >= 0.3 is 0 Å². The van der Waals surface area contributed by atoms with Gasteiger partial charge in [0.25, 0.3) is 0 Å². The van der Waals surface area contributed by atoms with Crippen molar-refractivity contribution < 1.29 is 16.5 Å². The van der Waals surface area contributed by atoms with Crippen LogP contribution in [-0.4, -0.2) is 0 Å². The summed E-state index contributed by atoms with van der Waals surface area (Å²) in [5.41, 5.74) is 0. The van der Waals surface area contributed by atoms with E-state index in [4.69, 9.17) is 0 Å². The van der Waals surface area contributed by atoms with Gasteiger partial charge in [0.05, 0.1) is 0 Å². The van der Waals surface area contributed by atoms with E-state index >= 15 is 0 Å². The molecule has 0 aliphatic rings. The third-order valence-electron chi connectivity index (χ3n) is 3.51. The normalized spacial score (nSPS) is 10.8. The van der Waals surface area contributed by atoms with E-state index < -0.39 is 0 Å². The summed E-state index contributed by atoms with van der Waals surface area (Å²) in [5, 5.41) is 0. The monoisotopic (exact) mass is 309 g/mol. The van der Waals surface area contributed by atoms with Gasteiger partial charge in [-0.25, -0.2) is 0 Å². The Balaban J connectivity index is 0. The quantitative estimate of drug-likeness (QED) is 0.142. The van der Waals surface area contributed by atoms with Crippen molar-refractivity contribution in [1.29, 1.82) is 0 Å². The molecular weight excluding hydrogens is 275 g/mol. The van der Waals surface area contributed by atoms with Gasteiger partial charge in [-0.05, 0) is 25.7 Å². The molecule has 0 spiro atoms. The molecule has 0 amide bonds. The second-order valence-corrected chi connectivity index (χ2v) is 5.44. The Morgan fingerprint density at radius 3 is 1.53 bits per heavy atom. The van der Waals surface area contributed by atoms with Gasteiger partial charge in [0.1, 0.15) is 0 Å². The molecule has 0 saturated heterocycles. The first-order valence-corrected chi connectivity index (χ1v) is 8.36. The molecule has 0 heterocycles. The van der Waals surface area contributed by atoms with Crippen LogP contribution in [0.5, 0.6) is 0 Å². The largest absolute Gasteiger partial charge is 0.343 e. The summed E-state index contributed by atoms with van der Waals surface area (Å²) >= 11 is 0. The molecule has 0 aromatic heterocycles. The fourth-order valence-electron chi connectivity index (χ4n) is 2.25. The van der Waals surface area contributed by atoms with Crippen LogP contribution in [0.15, 0.2) is 12.2 Å². The van der Waals surface area contributed by atoms with Crippen LogP contribution >= 0.6 is 0 Å². The van der Waals surface area contributed by atoms with Gasteiger partial charge in [-0.3, -0.25) is 0 Å². The van der Waals surface area contributed by atoms with Gasteiger partial charge in [-0.1, -0.05) is 76.9 Å². The second kappa shape index (κ2) is 20.5. The standard InChI is InChI=1S/C18H35.Ni/c1-3-5-7-9-11-13-15-17-18-16-14-12-10-8-6-4-2;/h17-18H,1,3-16H2,2H3;/q-1;/b18-17-;. The minimum absolute atomic E-state index is 0. The Morgan fingerprint density at radius 1 is 0.632 bits per heavy atom. The molecule has 0 bridgehead atoms. The van der Waals surface area contributed by atoms with Crippen molar-refractivity contribution in [2.45, 2.75) is 96.8 Å². The van der Waals surface area contributed by atoms with Crippen molar-refractivity contribution in [1.82, 2.24) is 0 Å². The van der Waals surface area contributed by atoms with Crippen molar-refractivity contribution in [3.63, 3.8) is 0 Å². The molecule has 19 heavy (non-hydrogen) atoms. The van der Waals surface area contributed by atoms with Crippen molar-refractivity contribution in [3.05, 3.63) is 19.1 Å². The zero-order valence-corrected chi connectivity index (χ0v) is 14.1. The van der Waals surface area contributed by atoms with Gasteiger partial charge in [0.15, 0.2) is 0 Å².